The van der Waals surface area contributed by atoms with Crippen molar-refractivity contribution in [1.82, 2.24) is 0 Å². The second-order valence-corrected chi connectivity index (χ2v) is 18.0. The van der Waals surface area contributed by atoms with Crippen molar-refractivity contribution in [3.8, 4) is 55.6 Å². The highest BCUT2D eigenvalue weighted by Gasteiger charge is 2.51. The van der Waals surface area contributed by atoms with Crippen LogP contribution in [-0.4, -0.2) is 0 Å². The quantitative estimate of drug-likeness (QED) is 0.143. The summed E-state index contributed by atoms with van der Waals surface area (Å²) in [5.74, 6) is 0. The molecule has 1 atom stereocenters. The smallest absolute Gasteiger partial charge is 0.0725 e. The molecular formula is C67H46N2. The Morgan fingerprint density at radius 2 is 0.507 bits per heavy atom. The molecule has 0 radical (unpaired) electrons. The van der Waals surface area contributed by atoms with Crippen molar-refractivity contribution in [2.75, 3.05) is 9.80 Å². The van der Waals surface area contributed by atoms with Gasteiger partial charge < -0.3 is 9.80 Å². The van der Waals surface area contributed by atoms with Gasteiger partial charge in [0.2, 0.25) is 0 Å². The number of nitrogens with zero attached hydrogens (tertiary/aromatic N) is 2. The Morgan fingerprint density at radius 1 is 0.188 bits per heavy atom. The van der Waals surface area contributed by atoms with Gasteiger partial charge in [0.1, 0.15) is 0 Å². The van der Waals surface area contributed by atoms with Crippen molar-refractivity contribution in [3.05, 3.63) is 301 Å². The highest BCUT2D eigenvalue weighted by Crippen LogP contribution is 2.63. The van der Waals surface area contributed by atoms with Gasteiger partial charge in [-0.1, -0.05) is 200 Å². The lowest BCUT2D eigenvalue weighted by Crippen LogP contribution is -2.26. The summed E-state index contributed by atoms with van der Waals surface area (Å²) in [5, 5.41) is 0. The molecule has 69 heavy (non-hydrogen) atoms. The molecule has 0 aromatic heterocycles. The van der Waals surface area contributed by atoms with Gasteiger partial charge in [-0.25, -0.2) is 0 Å². The second kappa shape index (κ2) is 16.7. The van der Waals surface area contributed by atoms with Crippen LogP contribution >= 0.6 is 0 Å². The van der Waals surface area contributed by atoms with E-state index in [-0.39, 0.29) is 0 Å². The van der Waals surface area contributed by atoms with Gasteiger partial charge in [0, 0.05) is 34.1 Å². The molecule has 2 aliphatic carbocycles. The number of hydrogen-bond donors (Lipinski definition) is 0. The standard InChI is InChI=1S/C67H46N2/c1-5-17-47(18-6-1)49-29-36-56(37-30-49)69(57-38-31-50(32-39-57)48-19-7-2-8-20-48)58-42-44-65-62(46-58)60-26-14-16-28-64(60)67(65)63-27-15-13-25-59(63)61-43-35-52(45-66(61)67)51-33-40-55(41-34-51)68(53-21-9-3-10-22-53)54-23-11-4-12-24-54/h1-46H. The van der Waals surface area contributed by atoms with E-state index in [1.54, 1.807) is 0 Å². The maximum absolute atomic E-state index is 2.48. The van der Waals surface area contributed by atoms with Crippen LogP contribution in [0.25, 0.3) is 55.6 Å². The van der Waals surface area contributed by atoms with E-state index < -0.39 is 5.41 Å². The van der Waals surface area contributed by atoms with Crippen LogP contribution < -0.4 is 9.80 Å². The summed E-state index contributed by atoms with van der Waals surface area (Å²) in [6.07, 6.45) is 0. The first-order valence-electron chi connectivity index (χ1n) is 23.8. The molecule has 0 bridgehead atoms. The Labute approximate surface area is 404 Å². The van der Waals surface area contributed by atoms with Gasteiger partial charge in [-0.2, -0.15) is 0 Å². The lowest BCUT2D eigenvalue weighted by molar-refractivity contribution is 0.794. The number of benzene rings is 11. The largest absolute Gasteiger partial charge is 0.311 e. The molecule has 11 aromatic carbocycles. The summed E-state index contributed by atoms with van der Waals surface area (Å²) >= 11 is 0. The molecule has 0 N–H and O–H groups in total. The van der Waals surface area contributed by atoms with Gasteiger partial charge in [0.05, 0.1) is 5.41 Å². The fourth-order valence-corrected chi connectivity index (χ4v) is 11.2. The molecule has 324 valence electrons. The summed E-state index contributed by atoms with van der Waals surface area (Å²) in [6, 6.07) is 102. The zero-order chi connectivity index (χ0) is 45.7. The SMILES string of the molecule is c1ccc(-c2ccc(N(c3ccc(-c4ccccc4)cc3)c3ccc4c(c3)-c3ccccc3C43c4ccccc4-c4ccc(-c5ccc(N(c6ccccc6)c6ccccc6)cc5)cc43)cc2)cc1. The van der Waals surface area contributed by atoms with E-state index in [4.69, 9.17) is 0 Å². The van der Waals surface area contributed by atoms with Crippen LogP contribution in [-0.2, 0) is 5.41 Å². The molecule has 2 heteroatoms. The van der Waals surface area contributed by atoms with Crippen molar-refractivity contribution in [2.24, 2.45) is 0 Å². The Morgan fingerprint density at radius 3 is 1.00 bits per heavy atom. The van der Waals surface area contributed by atoms with Crippen molar-refractivity contribution >= 4 is 34.1 Å². The van der Waals surface area contributed by atoms with Crippen molar-refractivity contribution in [1.29, 1.82) is 0 Å². The third-order valence-electron chi connectivity index (χ3n) is 14.3. The highest BCUT2D eigenvalue weighted by atomic mass is 15.1. The van der Waals surface area contributed by atoms with Gasteiger partial charge in [-0.3, -0.25) is 0 Å². The first kappa shape index (κ1) is 40.3. The zero-order valence-electron chi connectivity index (χ0n) is 38.0. The summed E-state index contributed by atoms with van der Waals surface area (Å²) in [7, 11) is 0. The van der Waals surface area contributed by atoms with Crippen LogP contribution in [0.4, 0.5) is 34.1 Å². The number of hydrogen-bond acceptors (Lipinski definition) is 2. The average molecular weight is 879 g/mol. The molecule has 13 rings (SSSR count). The molecular weight excluding hydrogens is 833 g/mol. The van der Waals surface area contributed by atoms with Gasteiger partial charge in [-0.15, -0.1) is 0 Å². The van der Waals surface area contributed by atoms with Crippen molar-refractivity contribution in [2.45, 2.75) is 5.41 Å². The lowest BCUT2D eigenvalue weighted by Gasteiger charge is -2.31. The number of para-hydroxylation sites is 2. The average Bonchev–Trinajstić information content (AvgIpc) is 3.89. The molecule has 1 unspecified atom stereocenters. The van der Waals surface area contributed by atoms with Crippen LogP contribution in [0.5, 0.6) is 0 Å². The van der Waals surface area contributed by atoms with Crippen LogP contribution in [0, 0.1) is 0 Å². The Balaban J connectivity index is 0.942. The van der Waals surface area contributed by atoms with E-state index in [2.05, 4.69) is 289 Å². The van der Waals surface area contributed by atoms with E-state index in [1.165, 1.54) is 77.9 Å². The molecule has 0 heterocycles. The van der Waals surface area contributed by atoms with Gasteiger partial charge in [-0.05, 0) is 157 Å². The third kappa shape index (κ3) is 6.72. The zero-order valence-corrected chi connectivity index (χ0v) is 38.0. The maximum Gasteiger partial charge on any atom is 0.0725 e. The molecule has 0 saturated heterocycles. The molecule has 0 fully saturated rings. The minimum absolute atomic E-state index is 0.497. The molecule has 2 nitrogen and oxygen atoms in total. The molecule has 0 aliphatic heterocycles. The lowest BCUT2D eigenvalue weighted by atomic mass is 9.70. The number of anilines is 6. The topological polar surface area (TPSA) is 6.48 Å². The van der Waals surface area contributed by atoms with E-state index in [0.29, 0.717) is 0 Å². The van der Waals surface area contributed by atoms with Crippen molar-refractivity contribution < 1.29 is 0 Å². The summed E-state index contributed by atoms with van der Waals surface area (Å²) in [5.41, 5.74) is 23.8. The van der Waals surface area contributed by atoms with E-state index >= 15 is 0 Å². The fourth-order valence-electron chi connectivity index (χ4n) is 11.2. The van der Waals surface area contributed by atoms with Gasteiger partial charge in [0.15, 0.2) is 0 Å². The summed E-state index contributed by atoms with van der Waals surface area (Å²) < 4.78 is 0. The minimum Gasteiger partial charge on any atom is -0.311 e. The normalized spacial score (nSPS) is 13.9. The number of fused-ring (bicyclic) bond motifs is 10. The Kier molecular flexibility index (Phi) is 9.77. The second-order valence-electron chi connectivity index (χ2n) is 18.0. The molecule has 1 spiro atoms. The van der Waals surface area contributed by atoms with E-state index in [0.717, 1.165) is 34.1 Å². The molecule has 11 aromatic rings. The minimum atomic E-state index is -0.497. The van der Waals surface area contributed by atoms with E-state index in [9.17, 15) is 0 Å². The monoisotopic (exact) mass is 878 g/mol. The van der Waals surface area contributed by atoms with Crippen LogP contribution in [0.15, 0.2) is 279 Å². The third-order valence-corrected chi connectivity index (χ3v) is 14.3. The first-order valence-corrected chi connectivity index (χ1v) is 23.8. The molecule has 2 aliphatic rings. The maximum atomic E-state index is 2.48. The predicted molar refractivity (Wildman–Crippen MR) is 288 cm³/mol. The Hall–Kier alpha value is -8.98. The molecule has 0 saturated carbocycles. The van der Waals surface area contributed by atoms with Gasteiger partial charge >= 0.3 is 0 Å². The summed E-state index contributed by atoms with van der Waals surface area (Å²) in [6.45, 7) is 0. The fraction of sp³-hybridized carbons (Fsp3) is 0.0149. The predicted octanol–water partition coefficient (Wildman–Crippen LogP) is 18.0. The van der Waals surface area contributed by atoms with Crippen LogP contribution in [0.1, 0.15) is 22.3 Å². The van der Waals surface area contributed by atoms with Crippen LogP contribution in [0.2, 0.25) is 0 Å². The first-order chi connectivity index (χ1) is 34.2. The number of rotatable bonds is 9. The summed E-state index contributed by atoms with van der Waals surface area (Å²) in [4.78, 5) is 4.73. The van der Waals surface area contributed by atoms with Gasteiger partial charge in [0.25, 0.3) is 0 Å². The van der Waals surface area contributed by atoms with Crippen LogP contribution in [0.3, 0.4) is 0 Å². The molecule has 0 amide bonds. The van der Waals surface area contributed by atoms with E-state index in [1.807, 2.05) is 0 Å². The Bertz CT molecular complexity index is 3500. The van der Waals surface area contributed by atoms with Crippen molar-refractivity contribution in [3.63, 3.8) is 0 Å². The highest BCUT2D eigenvalue weighted by molar-refractivity contribution is 5.97.